The van der Waals surface area contributed by atoms with Crippen LogP contribution in [-0.4, -0.2) is 35.4 Å². The van der Waals surface area contributed by atoms with E-state index in [2.05, 4.69) is 40.3 Å². The number of aromatic nitrogens is 1. The molecule has 4 nitrogen and oxygen atoms in total. The van der Waals surface area contributed by atoms with E-state index < -0.39 is 0 Å². The predicted octanol–water partition coefficient (Wildman–Crippen LogP) is 3.34. The molecule has 2 aromatic rings. The van der Waals surface area contributed by atoms with Gasteiger partial charge in [-0.2, -0.15) is 0 Å². The van der Waals surface area contributed by atoms with E-state index in [1.54, 1.807) is 0 Å². The third-order valence-corrected chi connectivity index (χ3v) is 5.04. The minimum absolute atomic E-state index is 0.0525. The Morgan fingerprint density at radius 2 is 1.88 bits per heavy atom. The lowest BCUT2D eigenvalue weighted by Gasteiger charge is -2.32. The van der Waals surface area contributed by atoms with E-state index in [1.807, 2.05) is 31.5 Å². The predicted molar refractivity (Wildman–Crippen MR) is 100 cm³/mol. The maximum atomic E-state index is 12.4. The zero-order chi connectivity index (χ0) is 17.6. The number of rotatable bonds is 5. The fourth-order valence-corrected chi connectivity index (χ4v) is 3.50. The molecule has 0 unspecified atom stereocenters. The second-order valence-corrected chi connectivity index (χ2v) is 7.10. The van der Waals surface area contributed by atoms with Crippen LogP contribution in [0.1, 0.15) is 39.9 Å². The summed E-state index contributed by atoms with van der Waals surface area (Å²) in [6.45, 7) is 7.99. The van der Waals surface area contributed by atoms with Crippen molar-refractivity contribution in [3.05, 3.63) is 65.0 Å². The molecule has 1 amide bonds. The molecule has 1 saturated heterocycles. The van der Waals surface area contributed by atoms with Crippen LogP contribution in [0.5, 0.6) is 0 Å². The Hall–Kier alpha value is -2.20. The van der Waals surface area contributed by atoms with E-state index in [4.69, 9.17) is 0 Å². The van der Waals surface area contributed by atoms with Gasteiger partial charge in [-0.3, -0.25) is 14.7 Å². The lowest BCUT2D eigenvalue weighted by molar-refractivity contribution is 0.0934. The number of carbonyl (C=O) groups is 1. The van der Waals surface area contributed by atoms with E-state index in [1.165, 1.54) is 11.1 Å². The number of nitrogens with zero attached hydrogens (tertiary/aromatic N) is 2. The molecule has 1 aromatic carbocycles. The molecule has 132 valence electrons. The Morgan fingerprint density at radius 3 is 2.56 bits per heavy atom. The molecule has 0 radical (unpaired) electrons. The monoisotopic (exact) mass is 337 g/mol. The number of benzene rings is 1. The van der Waals surface area contributed by atoms with Gasteiger partial charge in [0.1, 0.15) is 0 Å². The molecule has 0 bridgehead atoms. The van der Waals surface area contributed by atoms with Gasteiger partial charge in [0, 0.05) is 31.0 Å². The topological polar surface area (TPSA) is 45.2 Å². The highest BCUT2D eigenvalue weighted by molar-refractivity contribution is 5.95. The molecule has 4 heteroatoms. The summed E-state index contributed by atoms with van der Waals surface area (Å²) in [5.41, 5.74) is 4.35. The summed E-state index contributed by atoms with van der Waals surface area (Å²) in [6.07, 6.45) is 5.98. The number of aryl methyl sites for hydroxylation is 2. The number of likely N-dealkylation sites (tertiary alicyclic amines) is 1. The van der Waals surface area contributed by atoms with Crippen LogP contribution in [0.2, 0.25) is 0 Å². The summed E-state index contributed by atoms with van der Waals surface area (Å²) >= 11 is 0. The van der Waals surface area contributed by atoms with Gasteiger partial charge in [0.15, 0.2) is 0 Å². The Labute approximate surface area is 150 Å². The maximum Gasteiger partial charge on any atom is 0.251 e. The lowest BCUT2D eigenvalue weighted by atomic mass is 9.96. The van der Waals surface area contributed by atoms with Crippen molar-refractivity contribution >= 4 is 5.91 Å². The van der Waals surface area contributed by atoms with Crippen LogP contribution in [0.15, 0.2) is 42.7 Å². The molecular formula is C21H27N3O. The number of amides is 1. The molecule has 1 aromatic heterocycles. The summed E-state index contributed by atoms with van der Waals surface area (Å²) in [4.78, 5) is 18.9. The highest BCUT2D eigenvalue weighted by Crippen LogP contribution is 2.18. The van der Waals surface area contributed by atoms with Crippen molar-refractivity contribution in [2.24, 2.45) is 5.92 Å². The van der Waals surface area contributed by atoms with Crippen LogP contribution < -0.4 is 5.32 Å². The summed E-state index contributed by atoms with van der Waals surface area (Å²) in [5.74, 6) is 0.625. The van der Waals surface area contributed by atoms with Gasteiger partial charge in [-0.25, -0.2) is 0 Å². The van der Waals surface area contributed by atoms with Gasteiger partial charge in [-0.15, -0.1) is 0 Å². The first kappa shape index (κ1) is 17.6. The lowest BCUT2D eigenvalue weighted by Crippen LogP contribution is -2.38. The molecule has 0 saturated carbocycles. The van der Waals surface area contributed by atoms with Crippen molar-refractivity contribution in [2.45, 2.75) is 33.2 Å². The zero-order valence-corrected chi connectivity index (χ0v) is 15.2. The van der Waals surface area contributed by atoms with Gasteiger partial charge in [0.25, 0.3) is 5.91 Å². The smallest absolute Gasteiger partial charge is 0.251 e. The fourth-order valence-electron chi connectivity index (χ4n) is 3.50. The van der Waals surface area contributed by atoms with Crippen LogP contribution in [-0.2, 0) is 6.54 Å². The van der Waals surface area contributed by atoms with Crippen LogP contribution in [0.25, 0.3) is 0 Å². The highest BCUT2D eigenvalue weighted by atomic mass is 16.1. The van der Waals surface area contributed by atoms with Gasteiger partial charge in [-0.1, -0.05) is 17.7 Å². The van der Waals surface area contributed by atoms with Gasteiger partial charge in [0.2, 0.25) is 0 Å². The quantitative estimate of drug-likeness (QED) is 0.910. The number of carbonyl (C=O) groups excluding carboxylic acids is 1. The fraction of sp³-hybridized carbons (Fsp3) is 0.429. The van der Waals surface area contributed by atoms with Crippen LogP contribution in [0.3, 0.4) is 0 Å². The molecule has 0 aliphatic carbocycles. The average molecular weight is 337 g/mol. The molecule has 0 spiro atoms. The second-order valence-electron chi connectivity index (χ2n) is 7.10. The average Bonchev–Trinajstić information content (AvgIpc) is 2.62. The zero-order valence-electron chi connectivity index (χ0n) is 15.2. The van der Waals surface area contributed by atoms with E-state index in [0.717, 1.165) is 50.1 Å². The van der Waals surface area contributed by atoms with Crippen molar-refractivity contribution in [1.29, 1.82) is 0 Å². The van der Waals surface area contributed by atoms with Crippen molar-refractivity contribution in [2.75, 3.05) is 19.6 Å². The largest absolute Gasteiger partial charge is 0.352 e. The van der Waals surface area contributed by atoms with E-state index in [0.29, 0.717) is 5.92 Å². The number of hydrogen-bond acceptors (Lipinski definition) is 3. The number of nitrogens with one attached hydrogen (secondary N) is 1. The van der Waals surface area contributed by atoms with Crippen molar-refractivity contribution < 1.29 is 4.79 Å². The van der Waals surface area contributed by atoms with Crippen molar-refractivity contribution in [3.63, 3.8) is 0 Å². The third-order valence-electron chi connectivity index (χ3n) is 5.04. The summed E-state index contributed by atoms with van der Waals surface area (Å²) in [6, 6.07) is 10.1. The number of hydrogen-bond donors (Lipinski definition) is 1. The van der Waals surface area contributed by atoms with Gasteiger partial charge in [0.05, 0.1) is 0 Å². The molecule has 1 N–H and O–H groups in total. The Balaban J connectivity index is 1.44. The summed E-state index contributed by atoms with van der Waals surface area (Å²) in [7, 11) is 0. The first-order chi connectivity index (χ1) is 12.1. The second kappa shape index (κ2) is 8.26. The molecule has 2 heterocycles. The standard InChI is InChI=1S/C21H27N3O/c1-16-3-4-20(17(2)13-16)21(25)23-14-18-7-11-24(12-8-18)15-19-5-9-22-10-6-19/h3-6,9-10,13,18H,7-8,11-12,14-15H2,1-2H3,(H,23,25). The van der Waals surface area contributed by atoms with Crippen LogP contribution in [0.4, 0.5) is 0 Å². The maximum absolute atomic E-state index is 12.4. The summed E-state index contributed by atoms with van der Waals surface area (Å²) in [5, 5.41) is 3.13. The number of pyridine rings is 1. The number of piperidine rings is 1. The molecule has 0 atom stereocenters. The van der Waals surface area contributed by atoms with Gasteiger partial charge in [-0.05, 0) is 75.0 Å². The molecule has 1 aliphatic rings. The van der Waals surface area contributed by atoms with Crippen LogP contribution >= 0.6 is 0 Å². The van der Waals surface area contributed by atoms with Gasteiger partial charge < -0.3 is 5.32 Å². The Kier molecular flexibility index (Phi) is 5.82. The first-order valence-corrected chi connectivity index (χ1v) is 9.08. The third kappa shape index (κ3) is 4.89. The van der Waals surface area contributed by atoms with E-state index in [-0.39, 0.29) is 5.91 Å². The van der Waals surface area contributed by atoms with Crippen LogP contribution in [0, 0.1) is 19.8 Å². The normalized spacial score (nSPS) is 15.9. The van der Waals surface area contributed by atoms with Crippen molar-refractivity contribution in [3.8, 4) is 0 Å². The van der Waals surface area contributed by atoms with E-state index >= 15 is 0 Å². The van der Waals surface area contributed by atoms with Gasteiger partial charge >= 0.3 is 0 Å². The molecule has 1 fully saturated rings. The first-order valence-electron chi connectivity index (χ1n) is 9.08. The summed E-state index contributed by atoms with van der Waals surface area (Å²) < 4.78 is 0. The SMILES string of the molecule is Cc1ccc(C(=O)NCC2CCN(Cc3ccncc3)CC2)c(C)c1. The molecule has 25 heavy (non-hydrogen) atoms. The highest BCUT2D eigenvalue weighted by Gasteiger charge is 2.20. The minimum Gasteiger partial charge on any atom is -0.352 e. The minimum atomic E-state index is 0.0525. The molecular weight excluding hydrogens is 310 g/mol. The Morgan fingerprint density at radius 1 is 1.16 bits per heavy atom. The molecule has 1 aliphatic heterocycles. The Bertz CT molecular complexity index is 706. The van der Waals surface area contributed by atoms with Crippen molar-refractivity contribution in [1.82, 2.24) is 15.2 Å². The van der Waals surface area contributed by atoms with E-state index in [9.17, 15) is 4.79 Å². The molecule has 3 rings (SSSR count).